The lowest BCUT2D eigenvalue weighted by Crippen LogP contribution is -2.07. The van der Waals surface area contributed by atoms with Gasteiger partial charge in [-0.25, -0.2) is 9.18 Å². The zero-order chi connectivity index (χ0) is 10.9. The number of rotatable bonds is 1. The van der Waals surface area contributed by atoms with Gasteiger partial charge in [0.05, 0.1) is 18.4 Å². The molecule has 0 radical (unpaired) electrons. The average molecular weight is 262 g/mol. The van der Waals surface area contributed by atoms with Crippen LogP contribution in [0.4, 0.5) is 10.1 Å². The molecule has 1 aromatic carbocycles. The van der Waals surface area contributed by atoms with Gasteiger partial charge in [-0.3, -0.25) is 0 Å². The molecule has 0 amide bonds. The van der Waals surface area contributed by atoms with Crippen molar-refractivity contribution in [2.24, 2.45) is 0 Å². The SMILES string of the molecule is COC(=O)c1cc(F)c(N)c(Br)c1C. The Balaban J connectivity index is 3.40. The van der Waals surface area contributed by atoms with Crippen molar-refractivity contribution in [1.29, 1.82) is 0 Å². The topological polar surface area (TPSA) is 52.3 Å². The molecule has 5 heteroatoms. The van der Waals surface area contributed by atoms with Crippen LogP contribution in [0.25, 0.3) is 0 Å². The van der Waals surface area contributed by atoms with Gasteiger partial charge in [-0.1, -0.05) is 0 Å². The molecule has 1 rings (SSSR count). The maximum Gasteiger partial charge on any atom is 0.338 e. The number of methoxy groups -OCH3 is 1. The normalized spacial score (nSPS) is 10.0. The van der Waals surface area contributed by atoms with Crippen LogP contribution < -0.4 is 5.73 Å². The smallest absolute Gasteiger partial charge is 0.338 e. The number of carbonyl (C=O) groups is 1. The average Bonchev–Trinajstić information content (AvgIpc) is 2.19. The molecule has 0 aliphatic carbocycles. The van der Waals surface area contributed by atoms with Gasteiger partial charge in [-0.05, 0) is 34.5 Å². The van der Waals surface area contributed by atoms with Gasteiger partial charge in [-0.15, -0.1) is 0 Å². The fourth-order valence-electron chi connectivity index (χ4n) is 1.06. The van der Waals surface area contributed by atoms with Crippen molar-refractivity contribution in [3.8, 4) is 0 Å². The van der Waals surface area contributed by atoms with Crippen LogP contribution in [0.1, 0.15) is 15.9 Å². The summed E-state index contributed by atoms with van der Waals surface area (Å²) < 4.78 is 18.0. The standard InChI is InChI=1S/C9H9BrFNO2/c1-4-5(9(13)14-2)3-6(11)8(12)7(4)10/h3H,12H2,1-2H3. The monoisotopic (exact) mass is 261 g/mol. The summed E-state index contributed by atoms with van der Waals surface area (Å²) in [7, 11) is 1.24. The highest BCUT2D eigenvalue weighted by molar-refractivity contribution is 9.10. The summed E-state index contributed by atoms with van der Waals surface area (Å²) in [6.45, 7) is 1.66. The second kappa shape index (κ2) is 3.96. The number of anilines is 1. The maximum absolute atomic E-state index is 13.2. The first-order valence-electron chi connectivity index (χ1n) is 3.81. The Morgan fingerprint density at radius 3 is 2.71 bits per heavy atom. The molecular formula is C9H9BrFNO2. The first-order valence-corrected chi connectivity index (χ1v) is 4.60. The van der Waals surface area contributed by atoms with Crippen LogP contribution in [0.5, 0.6) is 0 Å². The highest BCUT2D eigenvalue weighted by atomic mass is 79.9. The third-order valence-corrected chi connectivity index (χ3v) is 2.93. The molecule has 76 valence electrons. The van der Waals surface area contributed by atoms with Crippen LogP contribution in [0.3, 0.4) is 0 Å². The van der Waals surface area contributed by atoms with Gasteiger partial charge in [0.2, 0.25) is 0 Å². The summed E-state index contributed by atoms with van der Waals surface area (Å²) in [5, 5.41) is 0. The Hall–Kier alpha value is -1.10. The maximum atomic E-state index is 13.2. The highest BCUT2D eigenvalue weighted by Gasteiger charge is 2.16. The van der Waals surface area contributed by atoms with Gasteiger partial charge >= 0.3 is 5.97 Å². The number of benzene rings is 1. The first-order chi connectivity index (χ1) is 6.49. The van der Waals surface area contributed by atoms with E-state index < -0.39 is 11.8 Å². The quantitative estimate of drug-likeness (QED) is 0.623. The molecule has 0 saturated carbocycles. The molecule has 0 aromatic heterocycles. The predicted octanol–water partition coefficient (Wildman–Crippen LogP) is 2.27. The molecule has 1 aromatic rings. The lowest BCUT2D eigenvalue weighted by Gasteiger charge is -2.08. The molecule has 0 spiro atoms. The van der Waals surface area contributed by atoms with Crippen molar-refractivity contribution in [1.82, 2.24) is 0 Å². The lowest BCUT2D eigenvalue weighted by molar-refractivity contribution is 0.0599. The number of nitrogens with two attached hydrogens (primary N) is 1. The molecule has 0 bridgehead atoms. The lowest BCUT2D eigenvalue weighted by atomic mass is 10.1. The number of halogens is 2. The molecule has 2 N–H and O–H groups in total. The van der Waals surface area contributed by atoms with Gasteiger partial charge < -0.3 is 10.5 Å². The molecule has 14 heavy (non-hydrogen) atoms. The van der Waals surface area contributed by atoms with Crippen molar-refractivity contribution >= 4 is 27.6 Å². The first kappa shape index (κ1) is 11.0. The third kappa shape index (κ3) is 1.72. The molecule has 0 unspecified atom stereocenters. The van der Waals surface area contributed by atoms with Crippen LogP contribution in [0.2, 0.25) is 0 Å². The Morgan fingerprint density at radius 1 is 1.64 bits per heavy atom. The Morgan fingerprint density at radius 2 is 2.21 bits per heavy atom. The predicted molar refractivity (Wildman–Crippen MR) is 54.6 cm³/mol. The van der Waals surface area contributed by atoms with Crippen LogP contribution in [0, 0.1) is 12.7 Å². The highest BCUT2D eigenvalue weighted by Crippen LogP contribution is 2.29. The Kier molecular flexibility index (Phi) is 3.10. The number of carbonyl (C=O) groups excluding carboxylic acids is 1. The van der Waals surface area contributed by atoms with Crippen molar-refractivity contribution in [2.75, 3.05) is 12.8 Å². The van der Waals surface area contributed by atoms with E-state index in [9.17, 15) is 9.18 Å². The minimum atomic E-state index is -0.636. The van der Waals surface area contributed by atoms with Gasteiger partial charge in [0, 0.05) is 4.47 Å². The van der Waals surface area contributed by atoms with Crippen LogP contribution in [0.15, 0.2) is 10.5 Å². The summed E-state index contributed by atoms with van der Waals surface area (Å²) in [5.74, 6) is -1.22. The molecule has 0 atom stereocenters. The number of hydrogen-bond donors (Lipinski definition) is 1. The molecule has 0 heterocycles. The molecule has 0 saturated heterocycles. The Labute approximate surface area is 89.2 Å². The van der Waals surface area contributed by atoms with Crippen LogP contribution >= 0.6 is 15.9 Å². The zero-order valence-electron chi connectivity index (χ0n) is 7.73. The molecule has 3 nitrogen and oxygen atoms in total. The zero-order valence-corrected chi connectivity index (χ0v) is 9.31. The Bertz CT molecular complexity index is 393. The summed E-state index contributed by atoms with van der Waals surface area (Å²) in [6.07, 6.45) is 0. The van der Waals surface area contributed by atoms with Gasteiger partial charge in [0.15, 0.2) is 0 Å². The van der Waals surface area contributed by atoms with E-state index >= 15 is 0 Å². The van der Waals surface area contributed by atoms with Crippen molar-refractivity contribution < 1.29 is 13.9 Å². The minimum absolute atomic E-state index is 0.00449. The van der Waals surface area contributed by atoms with Crippen LogP contribution in [-0.2, 0) is 4.74 Å². The summed E-state index contributed by atoms with van der Waals surface area (Å²) in [5.41, 5.74) is 6.15. The minimum Gasteiger partial charge on any atom is -0.465 e. The summed E-state index contributed by atoms with van der Waals surface area (Å²) in [6, 6.07) is 1.07. The van der Waals surface area contributed by atoms with E-state index in [0.717, 1.165) is 6.07 Å². The van der Waals surface area contributed by atoms with Gasteiger partial charge in [-0.2, -0.15) is 0 Å². The van der Waals surface area contributed by atoms with E-state index in [1.165, 1.54) is 7.11 Å². The largest absolute Gasteiger partial charge is 0.465 e. The van der Waals surface area contributed by atoms with Crippen molar-refractivity contribution in [3.63, 3.8) is 0 Å². The summed E-state index contributed by atoms with van der Waals surface area (Å²) in [4.78, 5) is 11.2. The van der Waals surface area contributed by atoms with E-state index in [2.05, 4.69) is 20.7 Å². The van der Waals surface area contributed by atoms with Crippen LogP contribution in [-0.4, -0.2) is 13.1 Å². The summed E-state index contributed by atoms with van der Waals surface area (Å²) >= 11 is 3.11. The van der Waals surface area contributed by atoms with E-state index in [0.29, 0.717) is 10.0 Å². The van der Waals surface area contributed by atoms with E-state index in [1.54, 1.807) is 6.92 Å². The van der Waals surface area contributed by atoms with Gasteiger partial charge in [0.1, 0.15) is 5.82 Å². The van der Waals surface area contributed by atoms with Crippen molar-refractivity contribution in [3.05, 3.63) is 27.5 Å². The fraction of sp³-hybridized carbons (Fsp3) is 0.222. The van der Waals surface area contributed by atoms with Gasteiger partial charge in [0.25, 0.3) is 0 Å². The number of ether oxygens (including phenoxy) is 1. The van der Waals surface area contributed by atoms with E-state index in [4.69, 9.17) is 5.73 Å². The third-order valence-electron chi connectivity index (χ3n) is 1.90. The number of nitrogen functional groups attached to an aromatic ring is 1. The fourth-order valence-corrected chi connectivity index (χ4v) is 1.46. The molecular weight excluding hydrogens is 253 g/mol. The molecule has 0 aliphatic rings. The second-order valence-corrected chi connectivity index (χ2v) is 3.54. The number of hydrogen-bond acceptors (Lipinski definition) is 3. The van der Waals surface area contributed by atoms with E-state index in [1.807, 2.05) is 0 Å². The molecule has 0 aliphatic heterocycles. The number of esters is 1. The van der Waals surface area contributed by atoms with E-state index in [-0.39, 0.29) is 11.3 Å². The van der Waals surface area contributed by atoms with Crippen molar-refractivity contribution in [2.45, 2.75) is 6.92 Å². The molecule has 0 fully saturated rings. The second-order valence-electron chi connectivity index (χ2n) is 2.75.